The van der Waals surface area contributed by atoms with E-state index >= 15 is 0 Å². The predicted octanol–water partition coefficient (Wildman–Crippen LogP) is 3.73. The van der Waals surface area contributed by atoms with Gasteiger partial charge in [-0.25, -0.2) is 12.8 Å². The topological polar surface area (TPSA) is 87.0 Å². The van der Waals surface area contributed by atoms with E-state index in [9.17, 15) is 17.6 Å². The first-order chi connectivity index (χ1) is 15.3. The number of hydrogen-bond donors (Lipinski definition) is 0. The first-order valence-electron chi connectivity index (χ1n) is 9.71. The summed E-state index contributed by atoms with van der Waals surface area (Å²) in [5.74, 6) is -0.0461. The van der Waals surface area contributed by atoms with Crippen LogP contribution in [0.25, 0.3) is 10.2 Å². The molecule has 10 heteroatoms. The Bertz CT molecular complexity index is 1310. The van der Waals surface area contributed by atoms with E-state index in [1.54, 1.807) is 20.3 Å². The number of nitrogens with zero attached hydrogens (tertiary/aromatic N) is 2. The lowest BCUT2D eigenvalue weighted by Gasteiger charge is -2.08. The van der Waals surface area contributed by atoms with Gasteiger partial charge in [0, 0.05) is 25.1 Å². The third kappa shape index (κ3) is 5.25. The average Bonchev–Trinajstić information content (AvgIpc) is 3.08. The first kappa shape index (κ1) is 23.7. The van der Waals surface area contributed by atoms with Gasteiger partial charge in [0.25, 0.3) is 0 Å². The number of carbonyl (C=O) groups is 1. The maximum atomic E-state index is 13.0. The molecule has 0 spiro atoms. The second-order valence-corrected chi connectivity index (χ2v) is 9.96. The number of halogens is 1. The molecule has 0 aliphatic rings. The zero-order chi connectivity index (χ0) is 23.3. The number of carbonyl (C=O) groups excluding carboxylic acids is 1. The van der Waals surface area contributed by atoms with E-state index in [0.717, 1.165) is 22.3 Å². The van der Waals surface area contributed by atoms with Crippen LogP contribution in [0.5, 0.6) is 11.5 Å². The summed E-state index contributed by atoms with van der Waals surface area (Å²) in [6.45, 7) is 4.19. The number of amides is 1. The molecular formula is C22H23FN2O5S2. The number of thiazole rings is 1. The van der Waals surface area contributed by atoms with E-state index in [2.05, 4.69) is 11.6 Å². The molecule has 170 valence electrons. The highest BCUT2D eigenvalue weighted by Gasteiger charge is 2.16. The number of ether oxygens (including phenoxy) is 2. The summed E-state index contributed by atoms with van der Waals surface area (Å²) in [6.07, 6.45) is 1.77. The van der Waals surface area contributed by atoms with Gasteiger partial charge in [-0.05, 0) is 30.7 Å². The van der Waals surface area contributed by atoms with Crippen LogP contribution in [0.15, 0.2) is 58.9 Å². The number of aromatic nitrogens is 1. The Hall–Kier alpha value is -2.98. The fourth-order valence-electron chi connectivity index (χ4n) is 3.12. The van der Waals surface area contributed by atoms with Crippen LogP contribution >= 0.6 is 11.3 Å². The molecule has 3 rings (SSSR count). The van der Waals surface area contributed by atoms with Crippen LogP contribution in [-0.2, 0) is 21.2 Å². The molecule has 1 amide bonds. The van der Waals surface area contributed by atoms with E-state index < -0.39 is 21.6 Å². The summed E-state index contributed by atoms with van der Waals surface area (Å²) < 4.78 is 51.1. The lowest BCUT2D eigenvalue weighted by Crippen LogP contribution is -2.16. The van der Waals surface area contributed by atoms with E-state index in [1.807, 2.05) is 16.7 Å². The molecule has 1 aromatic heterocycles. The van der Waals surface area contributed by atoms with Crippen molar-refractivity contribution in [3.05, 3.63) is 59.7 Å². The van der Waals surface area contributed by atoms with Crippen LogP contribution in [0.3, 0.4) is 0 Å². The van der Waals surface area contributed by atoms with Gasteiger partial charge in [0.05, 0.1) is 35.1 Å². The van der Waals surface area contributed by atoms with Crippen LogP contribution < -0.4 is 14.3 Å². The van der Waals surface area contributed by atoms with E-state index in [4.69, 9.17) is 9.47 Å². The maximum Gasteiger partial charge on any atom is 0.248 e. The molecule has 0 unspecified atom stereocenters. The van der Waals surface area contributed by atoms with Crippen LogP contribution in [0.1, 0.15) is 12.8 Å². The van der Waals surface area contributed by atoms with Crippen molar-refractivity contribution >= 4 is 37.3 Å². The largest absolute Gasteiger partial charge is 0.493 e. The van der Waals surface area contributed by atoms with Crippen LogP contribution in [0.4, 0.5) is 4.39 Å². The van der Waals surface area contributed by atoms with E-state index in [-0.39, 0.29) is 23.5 Å². The molecule has 0 aliphatic carbocycles. The summed E-state index contributed by atoms with van der Waals surface area (Å²) >= 11 is 1.32. The van der Waals surface area contributed by atoms with Crippen molar-refractivity contribution in [1.82, 2.24) is 4.57 Å². The van der Waals surface area contributed by atoms with Crippen molar-refractivity contribution in [2.24, 2.45) is 4.99 Å². The Balaban J connectivity index is 1.81. The second-order valence-electron chi connectivity index (χ2n) is 6.84. The molecular weight excluding hydrogens is 455 g/mol. The normalized spacial score (nSPS) is 12.2. The lowest BCUT2D eigenvalue weighted by molar-refractivity contribution is -0.118. The van der Waals surface area contributed by atoms with Crippen LogP contribution in [-0.4, -0.2) is 38.9 Å². The highest BCUT2D eigenvalue weighted by molar-refractivity contribution is 7.91. The molecule has 32 heavy (non-hydrogen) atoms. The van der Waals surface area contributed by atoms with Gasteiger partial charge in [0.2, 0.25) is 5.91 Å². The van der Waals surface area contributed by atoms with Crippen molar-refractivity contribution in [1.29, 1.82) is 0 Å². The Morgan fingerprint density at radius 1 is 1.19 bits per heavy atom. The van der Waals surface area contributed by atoms with Crippen LogP contribution in [0, 0.1) is 5.82 Å². The standard InChI is InChI=1S/C22H23FN2O5S2/c1-4-11-25-17-13-18(29-2)19(30-3)14-20(17)31-22(25)24-21(26)6-5-12-32(27,28)16-9-7-15(23)8-10-16/h4,7-10,13-14H,1,5-6,11-12H2,2-3H3. The molecule has 0 atom stereocenters. The Kier molecular flexibility index (Phi) is 7.47. The molecule has 1 heterocycles. The monoisotopic (exact) mass is 478 g/mol. The van der Waals surface area contributed by atoms with Gasteiger partial charge in [-0.1, -0.05) is 17.4 Å². The quantitative estimate of drug-likeness (QED) is 0.346. The Labute approximate surface area is 189 Å². The summed E-state index contributed by atoms with van der Waals surface area (Å²) in [4.78, 5) is 17.2. The van der Waals surface area contributed by atoms with Crippen molar-refractivity contribution < 1.29 is 27.1 Å². The number of benzene rings is 2. The van der Waals surface area contributed by atoms with Crippen molar-refractivity contribution in [3.63, 3.8) is 0 Å². The molecule has 0 radical (unpaired) electrons. The second kappa shape index (κ2) is 10.1. The smallest absolute Gasteiger partial charge is 0.248 e. The highest BCUT2D eigenvalue weighted by atomic mass is 32.2. The summed E-state index contributed by atoms with van der Waals surface area (Å²) in [6, 6.07) is 8.25. The van der Waals surface area contributed by atoms with Gasteiger partial charge in [0.1, 0.15) is 5.82 Å². The molecule has 0 aliphatic heterocycles. The third-order valence-electron chi connectivity index (χ3n) is 4.70. The minimum absolute atomic E-state index is 0.0273. The molecule has 0 saturated heterocycles. The van der Waals surface area contributed by atoms with Gasteiger partial charge >= 0.3 is 0 Å². The van der Waals surface area contributed by atoms with Gasteiger partial charge in [0.15, 0.2) is 26.1 Å². The predicted molar refractivity (Wildman–Crippen MR) is 121 cm³/mol. The minimum atomic E-state index is -3.60. The number of fused-ring (bicyclic) bond motifs is 1. The van der Waals surface area contributed by atoms with Crippen molar-refractivity contribution in [2.75, 3.05) is 20.0 Å². The fourth-order valence-corrected chi connectivity index (χ4v) is 5.50. The lowest BCUT2D eigenvalue weighted by atomic mass is 10.3. The summed E-state index contributed by atoms with van der Waals surface area (Å²) in [7, 11) is -0.513. The van der Waals surface area contributed by atoms with Gasteiger partial charge in [-0.15, -0.1) is 6.58 Å². The molecule has 2 aromatic carbocycles. The third-order valence-corrected chi connectivity index (χ3v) is 7.55. The molecule has 0 bridgehead atoms. The van der Waals surface area contributed by atoms with Crippen molar-refractivity contribution in [2.45, 2.75) is 24.3 Å². The van der Waals surface area contributed by atoms with Gasteiger partial charge in [-0.2, -0.15) is 4.99 Å². The van der Waals surface area contributed by atoms with E-state index in [0.29, 0.717) is 22.8 Å². The Morgan fingerprint density at radius 3 is 2.47 bits per heavy atom. The fraction of sp³-hybridized carbons (Fsp3) is 0.273. The average molecular weight is 479 g/mol. The number of sulfone groups is 1. The first-order valence-corrected chi connectivity index (χ1v) is 12.2. The highest BCUT2D eigenvalue weighted by Crippen LogP contribution is 2.33. The zero-order valence-electron chi connectivity index (χ0n) is 17.7. The van der Waals surface area contributed by atoms with Gasteiger partial charge < -0.3 is 14.0 Å². The van der Waals surface area contributed by atoms with Gasteiger partial charge in [-0.3, -0.25) is 4.79 Å². The number of rotatable bonds is 9. The maximum absolute atomic E-state index is 13.0. The molecule has 3 aromatic rings. The molecule has 0 N–H and O–H groups in total. The molecule has 0 saturated carbocycles. The molecule has 7 nitrogen and oxygen atoms in total. The summed E-state index contributed by atoms with van der Waals surface area (Å²) in [5.41, 5.74) is 0.818. The summed E-state index contributed by atoms with van der Waals surface area (Å²) in [5, 5.41) is 0. The Morgan fingerprint density at radius 2 is 1.84 bits per heavy atom. The number of hydrogen-bond acceptors (Lipinski definition) is 6. The van der Waals surface area contributed by atoms with Crippen LogP contribution in [0.2, 0.25) is 0 Å². The van der Waals surface area contributed by atoms with Crippen molar-refractivity contribution in [3.8, 4) is 11.5 Å². The molecule has 0 fully saturated rings. The number of allylic oxidation sites excluding steroid dienone is 1. The minimum Gasteiger partial charge on any atom is -0.493 e. The number of methoxy groups -OCH3 is 2. The SMILES string of the molecule is C=CCn1c(=NC(=O)CCCS(=O)(=O)c2ccc(F)cc2)sc2cc(OC)c(OC)cc21. The zero-order valence-corrected chi connectivity index (χ0v) is 19.3. The van der Waals surface area contributed by atoms with E-state index in [1.165, 1.54) is 23.5 Å².